The molecule has 1 aromatic rings. The van der Waals surface area contributed by atoms with Crippen molar-refractivity contribution in [1.29, 1.82) is 0 Å². The number of nitrogens with zero attached hydrogens (tertiary/aromatic N) is 1. The summed E-state index contributed by atoms with van der Waals surface area (Å²) in [6, 6.07) is 5.06. The van der Waals surface area contributed by atoms with Gasteiger partial charge in [-0.1, -0.05) is 5.92 Å². The highest BCUT2D eigenvalue weighted by atomic mass is 32.2. The van der Waals surface area contributed by atoms with Crippen molar-refractivity contribution in [2.24, 2.45) is 5.92 Å². The fourth-order valence-electron chi connectivity index (χ4n) is 2.72. The molecule has 2 N–H and O–H groups in total. The maximum atomic E-state index is 12.5. The van der Waals surface area contributed by atoms with Gasteiger partial charge < -0.3 is 10.0 Å². The predicted octanol–water partition coefficient (Wildman–Crippen LogP) is 0.533. The first-order chi connectivity index (χ1) is 11.3. The lowest BCUT2D eigenvalue weighted by Gasteiger charge is -2.23. The number of hydrogen-bond donors (Lipinski definition) is 2. The van der Waals surface area contributed by atoms with E-state index in [4.69, 9.17) is 11.5 Å². The van der Waals surface area contributed by atoms with E-state index in [-0.39, 0.29) is 17.3 Å². The molecular weight excluding hydrogens is 332 g/mol. The van der Waals surface area contributed by atoms with Crippen LogP contribution in [0.5, 0.6) is 0 Å². The SMILES string of the molecule is C#CCNS(=O)(=O)c1ccc(C(=O)N2CCC(C(=O)O)C2C)cc1. The normalized spacial score (nSPS) is 20.6. The maximum absolute atomic E-state index is 12.5. The van der Waals surface area contributed by atoms with Crippen LogP contribution in [0.2, 0.25) is 0 Å². The van der Waals surface area contributed by atoms with E-state index >= 15 is 0 Å². The molecule has 8 heteroatoms. The van der Waals surface area contributed by atoms with E-state index in [1.807, 2.05) is 0 Å². The average molecular weight is 350 g/mol. The van der Waals surface area contributed by atoms with Crippen molar-refractivity contribution >= 4 is 21.9 Å². The molecule has 7 nitrogen and oxygen atoms in total. The number of carboxylic acids is 1. The lowest BCUT2D eigenvalue weighted by Crippen LogP contribution is -2.37. The van der Waals surface area contributed by atoms with Crippen molar-refractivity contribution < 1.29 is 23.1 Å². The molecule has 1 aromatic carbocycles. The van der Waals surface area contributed by atoms with E-state index in [1.165, 1.54) is 29.2 Å². The minimum atomic E-state index is -3.71. The van der Waals surface area contributed by atoms with E-state index in [9.17, 15) is 18.0 Å². The Labute approximate surface area is 140 Å². The molecule has 1 aliphatic rings. The molecule has 0 bridgehead atoms. The topological polar surface area (TPSA) is 104 Å². The highest BCUT2D eigenvalue weighted by Crippen LogP contribution is 2.26. The monoisotopic (exact) mass is 350 g/mol. The lowest BCUT2D eigenvalue weighted by molar-refractivity contribution is -0.142. The molecule has 2 unspecified atom stereocenters. The number of sulfonamides is 1. The third-order valence-corrected chi connectivity index (χ3v) is 5.53. The standard InChI is InChI=1S/C16H18N2O5S/c1-3-9-17-24(22,23)13-6-4-12(5-7-13)15(19)18-10-8-14(11(18)2)16(20)21/h1,4-7,11,14,17H,8-10H2,2H3,(H,20,21). The van der Waals surface area contributed by atoms with Crippen molar-refractivity contribution in [3.05, 3.63) is 29.8 Å². The molecule has 0 saturated carbocycles. The molecule has 2 rings (SSSR count). The van der Waals surface area contributed by atoms with Gasteiger partial charge in [0.2, 0.25) is 10.0 Å². The summed E-state index contributed by atoms with van der Waals surface area (Å²) in [5.41, 5.74) is 0.309. The Morgan fingerprint density at radius 3 is 2.50 bits per heavy atom. The zero-order chi connectivity index (χ0) is 17.9. The molecule has 0 spiro atoms. The summed E-state index contributed by atoms with van der Waals surface area (Å²) < 4.78 is 26.1. The van der Waals surface area contributed by atoms with E-state index in [0.717, 1.165) is 0 Å². The summed E-state index contributed by atoms with van der Waals surface area (Å²) >= 11 is 0. The first-order valence-electron chi connectivity index (χ1n) is 7.35. The number of benzene rings is 1. The molecule has 2 atom stereocenters. The maximum Gasteiger partial charge on any atom is 0.308 e. The van der Waals surface area contributed by atoms with Gasteiger partial charge in [0, 0.05) is 18.2 Å². The second-order valence-electron chi connectivity index (χ2n) is 5.53. The minimum absolute atomic E-state index is 0.00665. The quantitative estimate of drug-likeness (QED) is 0.754. The molecule has 0 aromatic heterocycles. The second-order valence-corrected chi connectivity index (χ2v) is 7.29. The van der Waals surface area contributed by atoms with Crippen LogP contribution < -0.4 is 4.72 Å². The van der Waals surface area contributed by atoms with Crippen LogP contribution in [0.1, 0.15) is 23.7 Å². The fourth-order valence-corrected chi connectivity index (χ4v) is 3.65. The first-order valence-corrected chi connectivity index (χ1v) is 8.83. The number of carbonyl (C=O) groups is 2. The van der Waals surface area contributed by atoms with Crippen LogP contribution in [-0.4, -0.2) is 49.4 Å². The third kappa shape index (κ3) is 3.58. The van der Waals surface area contributed by atoms with E-state index in [0.29, 0.717) is 18.5 Å². The van der Waals surface area contributed by atoms with Crippen LogP contribution in [0.4, 0.5) is 0 Å². The van der Waals surface area contributed by atoms with E-state index in [2.05, 4.69) is 10.6 Å². The van der Waals surface area contributed by atoms with Crippen LogP contribution in [0, 0.1) is 18.3 Å². The zero-order valence-corrected chi connectivity index (χ0v) is 13.9. The van der Waals surface area contributed by atoms with Crippen molar-refractivity contribution in [2.75, 3.05) is 13.1 Å². The number of terminal acetylenes is 1. The number of aliphatic carboxylic acids is 1. The van der Waals surface area contributed by atoms with Gasteiger partial charge in [-0.05, 0) is 37.6 Å². The summed E-state index contributed by atoms with van der Waals surface area (Å²) in [6.45, 7) is 1.94. The number of hydrogen-bond acceptors (Lipinski definition) is 4. The van der Waals surface area contributed by atoms with Crippen molar-refractivity contribution in [3.63, 3.8) is 0 Å². The van der Waals surface area contributed by atoms with Crippen molar-refractivity contribution in [3.8, 4) is 12.3 Å². The number of rotatable bonds is 5. The largest absolute Gasteiger partial charge is 0.481 e. The summed E-state index contributed by atoms with van der Waals surface area (Å²) in [4.78, 5) is 25.1. The molecule has 0 radical (unpaired) electrons. The Kier molecular flexibility index (Phi) is 5.26. The molecule has 128 valence electrons. The Bertz CT molecular complexity index is 780. The summed E-state index contributed by atoms with van der Waals surface area (Å²) in [6.07, 6.45) is 5.43. The fraction of sp³-hybridized carbons (Fsp3) is 0.375. The van der Waals surface area contributed by atoms with Crippen molar-refractivity contribution in [2.45, 2.75) is 24.3 Å². The van der Waals surface area contributed by atoms with Gasteiger partial charge in [-0.2, -0.15) is 4.72 Å². The summed E-state index contributed by atoms with van der Waals surface area (Å²) in [5.74, 6) is 0.367. The zero-order valence-electron chi connectivity index (χ0n) is 13.1. The Morgan fingerprint density at radius 1 is 1.38 bits per heavy atom. The highest BCUT2D eigenvalue weighted by molar-refractivity contribution is 7.89. The Morgan fingerprint density at radius 2 is 2.00 bits per heavy atom. The third-order valence-electron chi connectivity index (χ3n) is 4.11. The number of amides is 1. The first kappa shape index (κ1) is 18.0. The number of carboxylic acid groups (broad SMARTS) is 1. The smallest absolute Gasteiger partial charge is 0.308 e. The van der Waals surface area contributed by atoms with E-state index < -0.39 is 28.0 Å². The van der Waals surface area contributed by atoms with Crippen LogP contribution in [-0.2, 0) is 14.8 Å². The van der Waals surface area contributed by atoms with Crippen LogP contribution >= 0.6 is 0 Å². The Hall–Kier alpha value is -2.37. The van der Waals surface area contributed by atoms with Gasteiger partial charge in [0.15, 0.2) is 0 Å². The summed E-state index contributed by atoms with van der Waals surface area (Å²) in [7, 11) is -3.71. The number of carbonyl (C=O) groups excluding carboxylic acids is 1. The molecule has 1 amide bonds. The van der Waals surface area contributed by atoms with Gasteiger partial charge in [-0.3, -0.25) is 9.59 Å². The molecule has 1 fully saturated rings. The van der Waals surface area contributed by atoms with Gasteiger partial charge in [-0.15, -0.1) is 6.42 Å². The minimum Gasteiger partial charge on any atom is -0.481 e. The predicted molar refractivity (Wildman–Crippen MR) is 86.7 cm³/mol. The second kappa shape index (κ2) is 7.03. The molecular formula is C16H18N2O5S. The van der Waals surface area contributed by atoms with E-state index in [1.54, 1.807) is 6.92 Å². The number of likely N-dealkylation sites (tertiary alicyclic amines) is 1. The van der Waals surface area contributed by atoms with Crippen LogP contribution in [0.3, 0.4) is 0 Å². The molecule has 0 aliphatic carbocycles. The number of nitrogens with one attached hydrogen (secondary N) is 1. The molecule has 1 saturated heterocycles. The highest BCUT2D eigenvalue weighted by Gasteiger charge is 2.38. The molecule has 24 heavy (non-hydrogen) atoms. The van der Waals surface area contributed by atoms with Gasteiger partial charge >= 0.3 is 5.97 Å². The van der Waals surface area contributed by atoms with Gasteiger partial charge in [0.05, 0.1) is 17.4 Å². The molecule has 1 heterocycles. The molecule has 1 aliphatic heterocycles. The Balaban J connectivity index is 2.15. The van der Waals surface area contributed by atoms with Crippen LogP contribution in [0.15, 0.2) is 29.2 Å². The lowest BCUT2D eigenvalue weighted by atomic mass is 10.0. The average Bonchev–Trinajstić information content (AvgIpc) is 2.94. The van der Waals surface area contributed by atoms with Crippen LogP contribution in [0.25, 0.3) is 0 Å². The van der Waals surface area contributed by atoms with Crippen molar-refractivity contribution in [1.82, 2.24) is 9.62 Å². The van der Waals surface area contributed by atoms with Gasteiger partial charge in [0.25, 0.3) is 5.91 Å². The summed E-state index contributed by atoms with van der Waals surface area (Å²) in [5, 5.41) is 9.12. The van der Waals surface area contributed by atoms with Gasteiger partial charge in [0.1, 0.15) is 0 Å². The van der Waals surface area contributed by atoms with Gasteiger partial charge in [-0.25, -0.2) is 8.42 Å².